The van der Waals surface area contributed by atoms with Crippen molar-refractivity contribution in [1.29, 1.82) is 5.26 Å². The Morgan fingerprint density at radius 1 is 1.00 bits per heavy atom. The van der Waals surface area contributed by atoms with Gasteiger partial charge in [-0.3, -0.25) is 4.98 Å². The highest BCUT2D eigenvalue weighted by molar-refractivity contribution is 7.93. The third-order valence-electron chi connectivity index (χ3n) is 5.41. The Morgan fingerprint density at radius 3 is 2.64 bits per heavy atom. The van der Waals surface area contributed by atoms with E-state index in [-0.39, 0.29) is 28.8 Å². The molecule has 0 bridgehead atoms. The van der Waals surface area contributed by atoms with Gasteiger partial charge in [0.2, 0.25) is 0 Å². The van der Waals surface area contributed by atoms with Crippen molar-refractivity contribution in [3.8, 4) is 22.9 Å². The van der Waals surface area contributed by atoms with E-state index < -0.39 is 15.8 Å². The Bertz CT molecular complexity index is 1700. The smallest absolute Gasteiger partial charge is 0.270 e. The highest BCUT2D eigenvalue weighted by Gasteiger charge is 2.31. The number of hydrogen-bond acceptors (Lipinski definition) is 7. The van der Waals surface area contributed by atoms with Crippen LogP contribution in [0.3, 0.4) is 0 Å². The lowest BCUT2D eigenvalue weighted by atomic mass is 10.0. The van der Waals surface area contributed by atoms with E-state index in [0.29, 0.717) is 16.5 Å². The molecular weight excluding hydrogens is 483 g/mol. The van der Waals surface area contributed by atoms with E-state index in [4.69, 9.17) is 14.5 Å². The molecule has 0 aliphatic carbocycles. The van der Waals surface area contributed by atoms with E-state index in [1.807, 2.05) is 6.07 Å². The predicted molar refractivity (Wildman–Crippen MR) is 131 cm³/mol. The van der Waals surface area contributed by atoms with Gasteiger partial charge in [-0.05, 0) is 59.0 Å². The van der Waals surface area contributed by atoms with Crippen molar-refractivity contribution in [2.24, 2.45) is 0 Å². The summed E-state index contributed by atoms with van der Waals surface area (Å²) in [6.07, 6.45) is 4.47. The standard InChI is InChI=1S/C26H17FN4O4S/c27-22-3-1-2-18(14-22)19-5-7-24(25(16-19)34-13-10-28)31(26-9-12-35-30-26)36(32,33)23-6-4-21-17-29-11-8-20(21)15-23/h1-9,11-12,14-17H,13H2. The molecule has 0 unspecified atom stereocenters. The predicted octanol–water partition coefficient (Wildman–Crippen LogP) is 5.46. The normalized spacial score (nSPS) is 11.2. The second-order valence-electron chi connectivity index (χ2n) is 7.65. The number of halogens is 1. The molecule has 0 fully saturated rings. The van der Waals surface area contributed by atoms with Crippen LogP contribution < -0.4 is 9.04 Å². The molecule has 5 aromatic rings. The number of fused-ring (bicyclic) bond motifs is 1. The minimum Gasteiger partial charge on any atom is -0.477 e. The van der Waals surface area contributed by atoms with Crippen LogP contribution in [-0.4, -0.2) is 25.2 Å². The highest BCUT2D eigenvalue weighted by Crippen LogP contribution is 2.40. The van der Waals surface area contributed by atoms with Crippen LogP contribution in [0.15, 0.2) is 101 Å². The van der Waals surface area contributed by atoms with E-state index >= 15 is 0 Å². The topological polar surface area (TPSA) is 109 Å². The number of nitriles is 1. The molecule has 3 aromatic carbocycles. The number of ether oxygens (including phenoxy) is 1. The molecule has 0 saturated carbocycles. The molecule has 0 amide bonds. The van der Waals surface area contributed by atoms with E-state index in [9.17, 15) is 12.8 Å². The third-order valence-corrected chi connectivity index (χ3v) is 7.13. The molecule has 2 aromatic heterocycles. The summed E-state index contributed by atoms with van der Waals surface area (Å²) in [5, 5.41) is 14.4. The van der Waals surface area contributed by atoms with Crippen molar-refractivity contribution in [2.45, 2.75) is 4.90 Å². The van der Waals surface area contributed by atoms with Gasteiger partial charge in [-0.2, -0.15) is 5.26 Å². The molecular formula is C26H17FN4O4S. The first-order valence-electron chi connectivity index (χ1n) is 10.7. The number of aromatic nitrogens is 2. The zero-order valence-electron chi connectivity index (χ0n) is 18.6. The van der Waals surface area contributed by atoms with Crippen molar-refractivity contribution in [3.63, 3.8) is 0 Å². The summed E-state index contributed by atoms with van der Waals surface area (Å²) in [5.41, 5.74) is 1.23. The van der Waals surface area contributed by atoms with Crippen LogP contribution in [0.4, 0.5) is 15.9 Å². The first-order chi connectivity index (χ1) is 17.5. The summed E-state index contributed by atoms with van der Waals surface area (Å²) in [4.78, 5) is 4.06. The molecule has 0 aliphatic heterocycles. The van der Waals surface area contributed by atoms with Crippen molar-refractivity contribution in [2.75, 3.05) is 10.9 Å². The SMILES string of the molecule is N#CCOc1cc(-c2cccc(F)c2)ccc1N(c1ccon1)S(=O)(=O)c1ccc2cnccc2c1. The maximum absolute atomic E-state index is 14.0. The van der Waals surface area contributed by atoms with Gasteiger partial charge in [0, 0.05) is 23.8 Å². The molecule has 0 atom stereocenters. The molecule has 0 radical (unpaired) electrons. The first kappa shape index (κ1) is 23.0. The van der Waals surface area contributed by atoms with Crippen LogP contribution in [0.5, 0.6) is 5.75 Å². The first-order valence-corrected chi connectivity index (χ1v) is 12.1. The summed E-state index contributed by atoms with van der Waals surface area (Å²) in [7, 11) is -4.23. The summed E-state index contributed by atoms with van der Waals surface area (Å²) in [6.45, 7) is -0.338. The second-order valence-corrected chi connectivity index (χ2v) is 9.44. The van der Waals surface area contributed by atoms with Crippen LogP contribution >= 0.6 is 0 Å². The van der Waals surface area contributed by atoms with Gasteiger partial charge in [0.05, 0.1) is 4.90 Å². The van der Waals surface area contributed by atoms with Gasteiger partial charge in [0.25, 0.3) is 10.0 Å². The summed E-state index contributed by atoms with van der Waals surface area (Å²) in [6, 6.07) is 20.3. The maximum atomic E-state index is 14.0. The zero-order chi connectivity index (χ0) is 25.1. The van der Waals surface area contributed by atoms with Crippen molar-refractivity contribution >= 4 is 32.3 Å². The number of anilines is 2. The van der Waals surface area contributed by atoms with Gasteiger partial charge in [0.15, 0.2) is 12.4 Å². The van der Waals surface area contributed by atoms with Crippen LogP contribution in [-0.2, 0) is 10.0 Å². The molecule has 5 rings (SSSR count). The van der Waals surface area contributed by atoms with Crippen molar-refractivity contribution < 1.29 is 22.1 Å². The number of sulfonamides is 1. The monoisotopic (exact) mass is 500 g/mol. The van der Waals surface area contributed by atoms with Gasteiger partial charge >= 0.3 is 0 Å². The van der Waals surface area contributed by atoms with Crippen molar-refractivity contribution in [1.82, 2.24) is 10.1 Å². The quantitative estimate of drug-likeness (QED) is 0.292. The molecule has 10 heteroatoms. The van der Waals surface area contributed by atoms with Crippen molar-refractivity contribution in [3.05, 3.63) is 97.3 Å². The van der Waals surface area contributed by atoms with Crippen LogP contribution in [0.25, 0.3) is 21.9 Å². The Kier molecular flexibility index (Phi) is 6.06. The lowest BCUT2D eigenvalue weighted by Gasteiger charge is -2.24. The number of nitrogens with zero attached hydrogens (tertiary/aromatic N) is 4. The Morgan fingerprint density at radius 2 is 1.86 bits per heavy atom. The van der Waals surface area contributed by atoms with Gasteiger partial charge in [-0.15, -0.1) is 0 Å². The molecule has 2 heterocycles. The fourth-order valence-electron chi connectivity index (χ4n) is 3.77. The van der Waals surface area contributed by atoms with E-state index in [0.717, 1.165) is 9.69 Å². The summed E-state index contributed by atoms with van der Waals surface area (Å²) >= 11 is 0. The minimum atomic E-state index is -4.23. The molecule has 36 heavy (non-hydrogen) atoms. The minimum absolute atomic E-state index is 0.00430. The number of rotatable bonds is 7. The van der Waals surface area contributed by atoms with E-state index in [1.165, 1.54) is 42.7 Å². The van der Waals surface area contributed by atoms with Gasteiger partial charge in [-0.1, -0.05) is 29.4 Å². The molecule has 0 saturated heterocycles. The Labute approximate surface area is 205 Å². The summed E-state index contributed by atoms with van der Waals surface area (Å²) < 4.78 is 53.3. The fourth-order valence-corrected chi connectivity index (χ4v) is 5.25. The molecule has 0 aliphatic rings. The van der Waals surface area contributed by atoms with Crippen LogP contribution in [0.2, 0.25) is 0 Å². The largest absolute Gasteiger partial charge is 0.477 e. The van der Waals surface area contributed by atoms with E-state index in [2.05, 4.69) is 10.1 Å². The number of benzene rings is 3. The fraction of sp³-hybridized carbons (Fsp3) is 0.0385. The van der Waals surface area contributed by atoms with Gasteiger partial charge in [-0.25, -0.2) is 17.1 Å². The molecule has 0 N–H and O–H groups in total. The number of hydrogen-bond donors (Lipinski definition) is 0. The number of pyridine rings is 1. The average molecular weight is 501 g/mol. The van der Waals surface area contributed by atoms with E-state index in [1.54, 1.807) is 48.8 Å². The maximum Gasteiger partial charge on any atom is 0.270 e. The lowest BCUT2D eigenvalue weighted by molar-refractivity contribution is 0.369. The average Bonchev–Trinajstić information content (AvgIpc) is 3.42. The third kappa shape index (κ3) is 4.35. The summed E-state index contributed by atoms with van der Waals surface area (Å²) in [5.74, 6) is -0.339. The zero-order valence-corrected chi connectivity index (χ0v) is 19.4. The van der Waals surface area contributed by atoms with Crippen LogP contribution in [0.1, 0.15) is 0 Å². The second kappa shape index (κ2) is 9.48. The molecule has 0 spiro atoms. The van der Waals surface area contributed by atoms with Crippen LogP contribution in [0, 0.1) is 17.1 Å². The van der Waals surface area contributed by atoms with Gasteiger partial charge < -0.3 is 9.26 Å². The van der Waals surface area contributed by atoms with Gasteiger partial charge in [0.1, 0.15) is 29.6 Å². The Balaban J connectivity index is 1.68. The molecule has 8 nitrogen and oxygen atoms in total. The molecule has 178 valence electrons. The Hall–Kier alpha value is -4.75. The lowest BCUT2D eigenvalue weighted by Crippen LogP contribution is -2.27. The highest BCUT2D eigenvalue weighted by atomic mass is 32.2.